The molecule has 0 aromatic heterocycles. The van der Waals surface area contributed by atoms with Gasteiger partial charge < -0.3 is 10.3 Å². The molecule has 4 aliphatic carbocycles. The van der Waals surface area contributed by atoms with Gasteiger partial charge in [0, 0.05) is 0 Å². The smallest absolute Gasteiger partial charge is 0.372 e. The molecular weight excluding hydrogens is 281 g/mol. The molecule has 9 heteroatoms. The van der Waals surface area contributed by atoms with Crippen LogP contribution in [0.4, 0.5) is 0 Å². The van der Waals surface area contributed by atoms with E-state index < -0.39 is 21.3 Å². The summed E-state index contributed by atoms with van der Waals surface area (Å²) in [6.07, 6.45) is 3.94. The zero-order chi connectivity index (χ0) is 13.0. The van der Waals surface area contributed by atoms with Crippen LogP contribution >= 0.6 is 0 Å². The van der Waals surface area contributed by atoms with Crippen LogP contribution in [0.15, 0.2) is 0 Å². The van der Waals surface area contributed by atoms with Crippen molar-refractivity contribution in [3.63, 3.8) is 0 Å². The first-order valence-electron chi connectivity index (χ1n) is 6.11. The standard InChI is InChI=1S/C10H14N3O5.K/c14-12(15)11-9-2-7-1-8(3-9)5-10(4-7,6-9)18-13(16)17;/h7-8H,1-6H2;/q-1;+1/t7-,8+,9?,10?;. The van der Waals surface area contributed by atoms with E-state index in [1.807, 2.05) is 0 Å². The Labute approximate surface area is 152 Å². The van der Waals surface area contributed by atoms with Crippen LogP contribution < -0.4 is 51.4 Å². The Bertz CT molecular complexity index is 370. The summed E-state index contributed by atoms with van der Waals surface area (Å²) in [4.78, 5) is 26.2. The van der Waals surface area contributed by atoms with Crippen LogP contribution in [-0.4, -0.2) is 21.3 Å². The maximum absolute atomic E-state index is 10.7. The molecule has 4 rings (SSSR count). The molecule has 4 atom stereocenters. The molecule has 100 valence electrons. The summed E-state index contributed by atoms with van der Waals surface area (Å²) < 4.78 is 0. The van der Waals surface area contributed by atoms with Gasteiger partial charge in [-0.05, 0) is 48.1 Å². The predicted octanol–water partition coefficient (Wildman–Crippen LogP) is -1.14. The van der Waals surface area contributed by atoms with Crippen molar-refractivity contribution in [2.75, 3.05) is 0 Å². The Balaban J connectivity index is 0.00000133. The third kappa shape index (κ3) is 2.89. The van der Waals surface area contributed by atoms with E-state index >= 15 is 0 Å². The van der Waals surface area contributed by atoms with Crippen LogP contribution in [0.5, 0.6) is 0 Å². The molecule has 0 heterocycles. The van der Waals surface area contributed by atoms with E-state index in [1.165, 1.54) is 0 Å². The summed E-state index contributed by atoms with van der Waals surface area (Å²) in [5.41, 5.74) is 2.08. The normalized spacial score (nSPS) is 42.3. The van der Waals surface area contributed by atoms with Crippen LogP contribution in [0.25, 0.3) is 5.43 Å². The number of hydrogen-bond acceptors (Lipinski definition) is 5. The maximum Gasteiger partial charge on any atom is 1.00 e. The molecule has 8 nitrogen and oxygen atoms in total. The van der Waals surface area contributed by atoms with Gasteiger partial charge in [0.2, 0.25) is 0 Å². The number of hydrogen-bond donors (Lipinski definition) is 0. The summed E-state index contributed by atoms with van der Waals surface area (Å²) in [5, 5.41) is 19.9. The van der Waals surface area contributed by atoms with Gasteiger partial charge in [-0.15, -0.1) is 10.1 Å². The molecule has 0 N–H and O–H groups in total. The summed E-state index contributed by atoms with van der Waals surface area (Å²) in [5.74, 6) is 0.546. The van der Waals surface area contributed by atoms with E-state index in [0.29, 0.717) is 32.1 Å². The number of nitrogens with zero attached hydrogens (tertiary/aromatic N) is 3. The topological polar surface area (TPSA) is 110 Å². The molecule has 0 aromatic rings. The van der Waals surface area contributed by atoms with Crippen LogP contribution in [0.2, 0.25) is 0 Å². The van der Waals surface area contributed by atoms with Gasteiger partial charge in [-0.25, -0.2) is 0 Å². The molecule has 4 fully saturated rings. The van der Waals surface area contributed by atoms with Crippen LogP contribution in [0, 0.1) is 32.1 Å². The molecule has 2 unspecified atom stereocenters. The SMILES string of the molecule is O=[N+]([O-])[N-]C12C[C@H]3C[C@@H](C1)CC(O[N+](=O)[O-])(C3)C2.[K+]. The first-order valence-corrected chi connectivity index (χ1v) is 6.11. The third-order valence-corrected chi connectivity index (χ3v) is 4.54. The second-order valence-corrected chi connectivity index (χ2v) is 6.02. The first-order chi connectivity index (χ1) is 8.40. The van der Waals surface area contributed by atoms with Crippen molar-refractivity contribution >= 4 is 0 Å². The van der Waals surface area contributed by atoms with Crippen LogP contribution in [0.1, 0.15) is 38.5 Å². The monoisotopic (exact) mass is 295 g/mol. The second kappa shape index (κ2) is 5.10. The molecule has 4 aliphatic rings. The zero-order valence-corrected chi connectivity index (χ0v) is 13.9. The second-order valence-electron chi connectivity index (χ2n) is 6.02. The summed E-state index contributed by atoms with van der Waals surface area (Å²) in [6, 6.07) is 0. The van der Waals surface area contributed by atoms with Gasteiger partial charge in [0.1, 0.15) is 5.60 Å². The zero-order valence-electron chi connectivity index (χ0n) is 10.8. The van der Waals surface area contributed by atoms with Crippen LogP contribution in [-0.2, 0) is 4.84 Å². The van der Waals surface area contributed by atoms with Gasteiger partial charge in [0.05, 0.1) is 0 Å². The van der Waals surface area contributed by atoms with Crippen molar-refractivity contribution in [3.05, 3.63) is 25.7 Å². The van der Waals surface area contributed by atoms with E-state index in [2.05, 4.69) is 5.43 Å². The van der Waals surface area contributed by atoms with Crippen molar-refractivity contribution in [1.82, 2.24) is 0 Å². The van der Waals surface area contributed by atoms with E-state index in [1.54, 1.807) is 0 Å². The van der Waals surface area contributed by atoms with E-state index in [9.17, 15) is 20.2 Å². The molecular formula is C10H14KN3O5. The Morgan fingerprint density at radius 1 is 1.11 bits per heavy atom. The minimum Gasteiger partial charge on any atom is -0.372 e. The van der Waals surface area contributed by atoms with Crippen molar-refractivity contribution in [2.45, 2.75) is 49.7 Å². The molecule has 0 spiro atoms. The average molecular weight is 295 g/mol. The Morgan fingerprint density at radius 2 is 1.68 bits per heavy atom. The van der Waals surface area contributed by atoms with E-state index in [4.69, 9.17) is 4.84 Å². The largest absolute Gasteiger partial charge is 1.00 e. The first kappa shape index (κ1) is 15.4. The van der Waals surface area contributed by atoms with Gasteiger partial charge in [0.25, 0.3) is 5.09 Å². The van der Waals surface area contributed by atoms with Crippen molar-refractivity contribution in [2.24, 2.45) is 11.8 Å². The molecule has 19 heavy (non-hydrogen) atoms. The van der Waals surface area contributed by atoms with Gasteiger partial charge in [-0.1, -0.05) is 12.8 Å². The fraction of sp³-hybridized carbons (Fsp3) is 1.00. The Hall–Kier alpha value is 0.0364. The van der Waals surface area contributed by atoms with Gasteiger partial charge in [-0.2, -0.15) is 0 Å². The molecule has 0 saturated heterocycles. The molecule has 4 bridgehead atoms. The summed E-state index contributed by atoms with van der Waals surface area (Å²) in [7, 11) is 0. The number of rotatable bonds is 4. The van der Waals surface area contributed by atoms with Crippen LogP contribution in [0.3, 0.4) is 0 Å². The fourth-order valence-electron chi connectivity index (χ4n) is 4.69. The summed E-state index contributed by atoms with van der Waals surface area (Å²) >= 11 is 0. The molecule has 0 aromatic carbocycles. The molecule has 0 radical (unpaired) electrons. The van der Waals surface area contributed by atoms with Crippen molar-refractivity contribution in [3.8, 4) is 0 Å². The van der Waals surface area contributed by atoms with E-state index in [-0.39, 0.29) is 63.2 Å². The number of nitro groups is 1. The Morgan fingerprint density at radius 3 is 2.16 bits per heavy atom. The van der Waals surface area contributed by atoms with Gasteiger partial charge in [-0.3, -0.25) is 10.1 Å². The maximum atomic E-state index is 10.7. The summed E-state index contributed by atoms with van der Waals surface area (Å²) in [6.45, 7) is 0. The minimum absolute atomic E-state index is 0. The van der Waals surface area contributed by atoms with Crippen molar-refractivity contribution < 1.29 is 66.3 Å². The molecule has 4 saturated carbocycles. The van der Waals surface area contributed by atoms with Gasteiger partial charge >= 0.3 is 51.4 Å². The fourth-order valence-corrected chi connectivity index (χ4v) is 4.69. The molecule has 0 amide bonds. The minimum atomic E-state index is -0.826. The predicted molar refractivity (Wildman–Crippen MR) is 58.6 cm³/mol. The van der Waals surface area contributed by atoms with E-state index in [0.717, 1.165) is 6.42 Å². The third-order valence-electron chi connectivity index (χ3n) is 4.54. The average Bonchev–Trinajstić information content (AvgIpc) is 2.08. The quantitative estimate of drug-likeness (QED) is 0.370. The molecule has 0 aliphatic heterocycles. The van der Waals surface area contributed by atoms with Crippen molar-refractivity contribution in [1.29, 1.82) is 0 Å². The Kier molecular flexibility index (Phi) is 4.14. The van der Waals surface area contributed by atoms with Gasteiger partial charge in [0.15, 0.2) is 0 Å².